The molecule has 7 nitrogen and oxygen atoms in total. The van der Waals surface area contributed by atoms with Gasteiger partial charge in [0.1, 0.15) is 5.69 Å². The largest absolute Gasteiger partial charge is 0.477 e. The van der Waals surface area contributed by atoms with E-state index >= 15 is 0 Å². The smallest absolute Gasteiger partial charge is 0.354 e. The third-order valence-corrected chi connectivity index (χ3v) is 3.12. The van der Waals surface area contributed by atoms with Crippen LogP contribution in [0, 0.1) is 0 Å². The van der Waals surface area contributed by atoms with Gasteiger partial charge in [-0.15, -0.1) is 0 Å². The zero-order valence-corrected chi connectivity index (χ0v) is 11.4. The lowest BCUT2D eigenvalue weighted by molar-refractivity contribution is -0.0249. The van der Waals surface area contributed by atoms with Crippen LogP contribution >= 0.6 is 0 Å². The third kappa shape index (κ3) is 3.05. The fourth-order valence-corrected chi connectivity index (χ4v) is 2.02. The average molecular weight is 279 g/mol. The van der Waals surface area contributed by atoms with E-state index in [9.17, 15) is 9.59 Å². The van der Waals surface area contributed by atoms with E-state index in [2.05, 4.69) is 10.3 Å². The predicted molar refractivity (Wildman–Crippen MR) is 71.8 cm³/mol. The highest BCUT2D eigenvalue weighted by molar-refractivity contribution is 5.90. The summed E-state index contributed by atoms with van der Waals surface area (Å²) >= 11 is 0. The Labute approximate surface area is 116 Å². The molecule has 7 heteroatoms. The van der Waals surface area contributed by atoms with Gasteiger partial charge in [0.2, 0.25) is 0 Å². The van der Waals surface area contributed by atoms with E-state index in [1.807, 2.05) is 13.8 Å². The van der Waals surface area contributed by atoms with Crippen LogP contribution in [-0.2, 0) is 4.74 Å². The number of aromatic nitrogens is 1. The molecule has 0 bridgehead atoms. The summed E-state index contributed by atoms with van der Waals surface area (Å²) in [5.41, 5.74) is 0.0218. The van der Waals surface area contributed by atoms with Gasteiger partial charge in [0, 0.05) is 6.54 Å². The number of pyridine rings is 1. The predicted octanol–water partition coefficient (Wildman–Crippen LogP) is 1.42. The highest BCUT2D eigenvalue weighted by Gasteiger charge is 2.34. The van der Waals surface area contributed by atoms with Crippen molar-refractivity contribution in [2.24, 2.45) is 0 Å². The maximum absolute atomic E-state index is 12.2. The Kier molecular flexibility index (Phi) is 3.89. The number of amides is 2. The van der Waals surface area contributed by atoms with Crippen molar-refractivity contribution < 1.29 is 19.4 Å². The van der Waals surface area contributed by atoms with Crippen molar-refractivity contribution in [3.05, 3.63) is 24.0 Å². The number of hydrogen-bond acceptors (Lipinski definition) is 4. The normalized spacial score (nSPS) is 17.6. The molecule has 2 amide bonds. The Morgan fingerprint density at radius 2 is 2.20 bits per heavy atom. The number of carboxylic acid groups (broad SMARTS) is 1. The lowest BCUT2D eigenvalue weighted by Crippen LogP contribution is -2.56. The molecular weight excluding hydrogens is 262 g/mol. The maximum Gasteiger partial charge on any atom is 0.354 e. The van der Waals surface area contributed by atoms with Crippen LogP contribution in [0.4, 0.5) is 10.5 Å². The summed E-state index contributed by atoms with van der Waals surface area (Å²) in [6, 6.07) is 2.62. The average Bonchev–Trinajstić information content (AvgIpc) is 2.38. The number of rotatable bonds is 2. The van der Waals surface area contributed by atoms with E-state index in [1.54, 1.807) is 4.90 Å². The minimum Gasteiger partial charge on any atom is -0.477 e. The van der Waals surface area contributed by atoms with Crippen LogP contribution < -0.4 is 5.32 Å². The van der Waals surface area contributed by atoms with Gasteiger partial charge in [0.15, 0.2) is 0 Å². The molecule has 1 saturated heterocycles. The van der Waals surface area contributed by atoms with E-state index < -0.39 is 5.97 Å². The summed E-state index contributed by atoms with van der Waals surface area (Å²) in [5, 5.41) is 11.5. The van der Waals surface area contributed by atoms with Gasteiger partial charge in [-0.1, -0.05) is 0 Å². The molecule has 0 aromatic carbocycles. The number of anilines is 1. The number of carboxylic acids is 1. The Morgan fingerprint density at radius 3 is 2.75 bits per heavy atom. The van der Waals surface area contributed by atoms with Crippen LogP contribution in [-0.4, -0.2) is 52.3 Å². The van der Waals surface area contributed by atoms with Crippen molar-refractivity contribution in [3.63, 3.8) is 0 Å². The number of urea groups is 1. The molecule has 1 aliphatic rings. The number of ether oxygens (including phenoxy) is 1. The molecule has 108 valence electrons. The first-order valence-corrected chi connectivity index (χ1v) is 6.26. The summed E-state index contributed by atoms with van der Waals surface area (Å²) in [6.07, 6.45) is 1.33. The van der Waals surface area contributed by atoms with Crippen LogP contribution in [0.3, 0.4) is 0 Å². The number of carbonyl (C=O) groups is 2. The Morgan fingerprint density at radius 1 is 1.45 bits per heavy atom. The fraction of sp³-hybridized carbons (Fsp3) is 0.462. The molecule has 20 heavy (non-hydrogen) atoms. The van der Waals surface area contributed by atoms with E-state index in [4.69, 9.17) is 9.84 Å². The third-order valence-electron chi connectivity index (χ3n) is 3.12. The first-order chi connectivity index (χ1) is 9.40. The molecule has 2 N–H and O–H groups in total. The van der Waals surface area contributed by atoms with Crippen LogP contribution in [0.1, 0.15) is 24.3 Å². The molecule has 0 atom stereocenters. The fourth-order valence-electron chi connectivity index (χ4n) is 2.02. The first-order valence-electron chi connectivity index (χ1n) is 6.26. The molecule has 0 radical (unpaired) electrons. The monoisotopic (exact) mass is 279 g/mol. The SMILES string of the molecule is CC1(C)COCCN1C(=O)Nc1ccc(C(=O)O)nc1. The van der Waals surface area contributed by atoms with Gasteiger partial charge < -0.3 is 20.1 Å². The molecule has 1 aromatic rings. The minimum absolute atomic E-state index is 0.0605. The highest BCUT2D eigenvalue weighted by atomic mass is 16.5. The van der Waals surface area contributed by atoms with Crippen molar-refractivity contribution in [2.45, 2.75) is 19.4 Å². The van der Waals surface area contributed by atoms with Gasteiger partial charge in [-0.05, 0) is 26.0 Å². The summed E-state index contributed by atoms with van der Waals surface area (Å²) in [6.45, 7) is 5.36. The van der Waals surface area contributed by atoms with E-state index in [0.717, 1.165) is 0 Å². The Bertz CT molecular complexity index is 513. The van der Waals surface area contributed by atoms with Crippen LogP contribution in [0.15, 0.2) is 18.3 Å². The topological polar surface area (TPSA) is 91.8 Å². The molecular formula is C13H17N3O4. The number of morpholine rings is 1. The summed E-state index contributed by atoms with van der Waals surface area (Å²) < 4.78 is 5.36. The van der Waals surface area contributed by atoms with Crippen molar-refractivity contribution in [3.8, 4) is 0 Å². The second-order valence-electron chi connectivity index (χ2n) is 5.18. The second kappa shape index (κ2) is 5.46. The minimum atomic E-state index is -1.10. The molecule has 2 rings (SSSR count). The van der Waals surface area contributed by atoms with Gasteiger partial charge in [0.05, 0.1) is 30.6 Å². The van der Waals surface area contributed by atoms with Crippen molar-refractivity contribution >= 4 is 17.7 Å². The molecule has 1 aromatic heterocycles. The highest BCUT2D eigenvalue weighted by Crippen LogP contribution is 2.20. The maximum atomic E-state index is 12.2. The summed E-state index contributed by atoms with van der Waals surface area (Å²) in [7, 11) is 0. The van der Waals surface area contributed by atoms with Gasteiger partial charge in [-0.3, -0.25) is 0 Å². The van der Waals surface area contributed by atoms with Crippen molar-refractivity contribution in [1.29, 1.82) is 0 Å². The molecule has 1 aliphatic heterocycles. The van der Waals surface area contributed by atoms with Crippen LogP contribution in [0.2, 0.25) is 0 Å². The molecule has 2 heterocycles. The molecule has 0 aliphatic carbocycles. The van der Waals surface area contributed by atoms with E-state index in [-0.39, 0.29) is 17.3 Å². The lowest BCUT2D eigenvalue weighted by atomic mass is 10.0. The molecule has 0 spiro atoms. The van der Waals surface area contributed by atoms with Gasteiger partial charge in [-0.2, -0.15) is 0 Å². The van der Waals surface area contributed by atoms with Crippen LogP contribution in [0.25, 0.3) is 0 Å². The molecule has 1 fully saturated rings. The Hall–Kier alpha value is -2.15. The number of nitrogens with zero attached hydrogens (tertiary/aromatic N) is 2. The zero-order chi connectivity index (χ0) is 14.8. The van der Waals surface area contributed by atoms with Crippen LogP contribution in [0.5, 0.6) is 0 Å². The number of nitrogens with one attached hydrogen (secondary N) is 1. The van der Waals surface area contributed by atoms with Crippen molar-refractivity contribution in [2.75, 3.05) is 25.1 Å². The standard InChI is InChI=1S/C13H17N3O4/c1-13(2)8-20-6-5-16(13)12(19)15-9-3-4-10(11(17)18)14-7-9/h3-4,7H,5-6,8H2,1-2H3,(H,15,19)(H,17,18). The van der Waals surface area contributed by atoms with E-state index in [1.165, 1.54) is 18.3 Å². The van der Waals surface area contributed by atoms with Gasteiger partial charge >= 0.3 is 12.0 Å². The second-order valence-corrected chi connectivity index (χ2v) is 5.18. The number of hydrogen-bond donors (Lipinski definition) is 2. The quantitative estimate of drug-likeness (QED) is 0.854. The molecule has 0 saturated carbocycles. The number of aromatic carboxylic acids is 1. The first kappa shape index (κ1) is 14.3. The molecule has 0 unspecified atom stereocenters. The summed E-state index contributed by atoms with van der Waals surface area (Å²) in [4.78, 5) is 28.4. The van der Waals surface area contributed by atoms with Gasteiger partial charge in [-0.25, -0.2) is 14.6 Å². The number of carbonyl (C=O) groups excluding carboxylic acids is 1. The zero-order valence-electron chi connectivity index (χ0n) is 11.4. The van der Waals surface area contributed by atoms with E-state index in [0.29, 0.717) is 25.4 Å². The van der Waals surface area contributed by atoms with Gasteiger partial charge in [0.25, 0.3) is 0 Å². The van der Waals surface area contributed by atoms with Crippen molar-refractivity contribution in [1.82, 2.24) is 9.88 Å². The summed E-state index contributed by atoms with van der Waals surface area (Å²) in [5.74, 6) is -1.10. The Balaban J connectivity index is 2.05. The lowest BCUT2D eigenvalue weighted by Gasteiger charge is -2.41.